The summed E-state index contributed by atoms with van der Waals surface area (Å²) in [6, 6.07) is 7.83. The first-order chi connectivity index (χ1) is 8.60. The van der Waals surface area contributed by atoms with Crippen LogP contribution < -0.4 is 11.1 Å². The van der Waals surface area contributed by atoms with Gasteiger partial charge in [-0.05, 0) is 30.3 Å². The van der Waals surface area contributed by atoms with Gasteiger partial charge >= 0.3 is 0 Å². The summed E-state index contributed by atoms with van der Waals surface area (Å²) in [6.07, 6.45) is 0.632. The van der Waals surface area contributed by atoms with Crippen LogP contribution in [-0.4, -0.2) is 17.2 Å². The molecule has 0 aliphatic rings. The minimum absolute atomic E-state index is 0.282. The van der Waals surface area contributed by atoms with Crippen molar-refractivity contribution in [2.24, 2.45) is 0 Å². The van der Waals surface area contributed by atoms with Crippen LogP contribution in [0.4, 0.5) is 11.4 Å². The molecule has 6 heteroatoms. The Morgan fingerprint density at radius 2 is 2.11 bits per heavy atom. The summed E-state index contributed by atoms with van der Waals surface area (Å²) in [4.78, 5) is 25.0. The van der Waals surface area contributed by atoms with E-state index in [1.807, 2.05) is 0 Å². The number of nitrogen functional groups attached to an aromatic ring is 1. The number of nitrogens with one attached hydrogen (secondary N) is 2. The van der Waals surface area contributed by atoms with E-state index >= 15 is 0 Å². The predicted molar refractivity (Wildman–Crippen MR) is 70.0 cm³/mol. The van der Waals surface area contributed by atoms with Crippen LogP contribution in [0.5, 0.6) is 0 Å². The second-order valence-electron chi connectivity index (χ2n) is 3.64. The Morgan fingerprint density at radius 1 is 1.33 bits per heavy atom. The number of nitrogens with two attached hydrogens (primary N) is 1. The lowest BCUT2D eigenvalue weighted by Crippen LogP contribution is -2.12. The van der Waals surface area contributed by atoms with E-state index in [9.17, 15) is 9.59 Å². The first-order valence-electron chi connectivity index (χ1n) is 5.10. The van der Waals surface area contributed by atoms with Gasteiger partial charge in [-0.3, -0.25) is 9.59 Å². The fourth-order valence-corrected chi connectivity index (χ4v) is 1.67. The number of H-pyrrole nitrogens is 1. The van der Waals surface area contributed by atoms with Crippen molar-refractivity contribution in [3.63, 3.8) is 0 Å². The molecule has 1 aromatic heterocycles. The van der Waals surface area contributed by atoms with Crippen LogP contribution in [0.3, 0.4) is 0 Å². The molecule has 4 N–H and O–H groups in total. The molecule has 1 aromatic carbocycles. The summed E-state index contributed by atoms with van der Waals surface area (Å²) in [5.74, 6) is -0.380. The minimum Gasteiger partial charge on any atom is -0.399 e. The summed E-state index contributed by atoms with van der Waals surface area (Å²) < 4.78 is 0. The highest BCUT2D eigenvalue weighted by Crippen LogP contribution is 2.24. The number of benzene rings is 1. The molecule has 0 saturated heterocycles. The number of halogens is 1. The van der Waals surface area contributed by atoms with Crippen molar-refractivity contribution < 1.29 is 9.59 Å². The smallest absolute Gasteiger partial charge is 0.272 e. The van der Waals surface area contributed by atoms with Gasteiger partial charge in [-0.1, -0.05) is 11.6 Å². The number of hydrogen-bond donors (Lipinski definition) is 3. The summed E-state index contributed by atoms with van der Waals surface area (Å²) in [6.45, 7) is 0. The van der Waals surface area contributed by atoms with Gasteiger partial charge < -0.3 is 16.0 Å². The molecule has 0 radical (unpaired) electrons. The molecular weight excluding hydrogens is 254 g/mol. The summed E-state index contributed by atoms with van der Waals surface area (Å²) >= 11 is 5.93. The second-order valence-corrected chi connectivity index (χ2v) is 4.05. The molecule has 0 aliphatic heterocycles. The standard InChI is InChI=1S/C12H10ClN3O2/c13-9-5-7(14)1-3-10(9)16-12(18)11-4-2-8(6-17)15-11/h1-6,15H,14H2,(H,16,18). The molecule has 18 heavy (non-hydrogen) atoms. The van der Waals surface area contributed by atoms with Crippen LogP contribution in [0.25, 0.3) is 0 Å². The maximum Gasteiger partial charge on any atom is 0.272 e. The van der Waals surface area contributed by atoms with Crippen molar-refractivity contribution in [3.05, 3.63) is 46.7 Å². The number of hydrogen-bond acceptors (Lipinski definition) is 3. The van der Waals surface area contributed by atoms with E-state index in [1.54, 1.807) is 18.2 Å². The molecule has 92 valence electrons. The van der Waals surface area contributed by atoms with Crippen LogP contribution in [0.15, 0.2) is 30.3 Å². The lowest BCUT2D eigenvalue weighted by molar-refractivity contribution is 0.102. The van der Waals surface area contributed by atoms with Crippen molar-refractivity contribution in [3.8, 4) is 0 Å². The van der Waals surface area contributed by atoms with Crippen LogP contribution in [-0.2, 0) is 0 Å². The molecule has 2 rings (SSSR count). The topological polar surface area (TPSA) is 88.0 Å². The SMILES string of the molecule is Nc1ccc(NC(=O)c2ccc(C=O)[nH]2)c(Cl)c1. The zero-order valence-electron chi connectivity index (χ0n) is 9.24. The zero-order chi connectivity index (χ0) is 13.1. The van der Waals surface area contributed by atoms with E-state index < -0.39 is 0 Å². The lowest BCUT2D eigenvalue weighted by atomic mass is 10.2. The molecule has 5 nitrogen and oxygen atoms in total. The largest absolute Gasteiger partial charge is 0.399 e. The van der Waals surface area contributed by atoms with Gasteiger partial charge in [0.15, 0.2) is 6.29 Å². The van der Waals surface area contributed by atoms with Crippen molar-refractivity contribution in [2.45, 2.75) is 0 Å². The summed E-state index contributed by atoms with van der Waals surface area (Å²) in [7, 11) is 0. The number of anilines is 2. The van der Waals surface area contributed by atoms with Crippen LogP contribution >= 0.6 is 11.6 Å². The maximum absolute atomic E-state index is 11.8. The normalized spacial score (nSPS) is 10.1. The van der Waals surface area contributed by atoms with E-state index in [1.165, 1.54) is 12.1 Å². The van der Waals surface area contributed by atoms with Gasteiger partial charge in [-0.25, -0.2) is 0 Å². The highest BCUT2D eigenvalue weighted by atomic mass is 35.5. The fraction of sp³-hybridized carbons (Fsp3) is 0. The molecule has 1 amide bonds. The van der Waals surface area contributed by atoms with Gasteiger partial charge in [-0.15, -0.1) is 0 Å². The molecule has 0 unspecified atom stereocenters. The van der Waals surface area contributed by atoms with Gasteiger partial charge in [0.25, 0.3) is 5.91 Å². The minimum atomic E-state index is -0.380. The molecule has 0 spiro atoms. The molecule has 0 fully saturated rings. The number of amides is 1. The van der Waals surface area contributed by atoms with Crippen molar-refractivity contribution in [2.75, 3.05) is 11.1 Å². The molecule has 0 saturated carbocycles. The zero-order valence-corrected chi connectivity index (χ0v) is 9.99. The van der Waals surface area contributed by atoms with Crippen molar-refractivity contribution >= 4 is 35.2 Å². The molecule has 1 heterocycles. The highest BCUT2D eigenvalue weighted by molar-refractivity contribution is 6.34. The van der Waals surface area contributed by atoms with Gasteiger partial charge in [-0.2, -0.15) is 0 Å². The molecular formula is C12H10ClN3O2. The first kappa shape index (κ1) is 12.2. The summed E-state index contributed by atoms with van der Waals surface area (Å²) in [5.41, 5.74) is 7.14. The number of carbonyl (C=O) groups is 2. The molecule has 2 aromatic rings. The Morgan fingerprint density at radius 3 is 2.72 bits per heavy atom. The third-order valence-electron chi connectivity index (χ3n) is 2.32. The monoisotopic (exact) mass is 263 g/mol. The highest BCUT2D eigenvalue weighted by Gasteiger charge is 2.10. The lowest BCUT2D eigenvalue weighted by Gasteiger charge is -2.06. The van der Waals surface area contributed by atoms with E-state index in [4.69, 9.17) is 17.3 Å². The van der Waals surface area contributed by atoms with Gasteiger partial charge in [0, 0.05) is 5.69 Å². The fourth-order valence-electron chi connectivity index (χ4n) is 1.44. The second kappa shape index (κ2) is 4.93. The molecule has 0 aliphatic carbocycles. The van der Waals surface area contributed by atoms with E-state index in [0.717, 1.165) is 0 Å². The van der Waals surface area contributed by atoms with E-state index in [0.29, 0.717) is 28.4 Å². The van der Waals surface area contributed by atoms with Crippen molar-refractivity contribution in [1.29, 1.82) is 0 Å². The predicted octanol–water partition coefficient (Wildman–Crippen LogP) is 2.32. The van der Waals surface area contributed by atoms with E-state index in [2.05, 4.69) is 10.3 Å². The molecule has 0 atom stereocenters. The van der Waals surface area contributed by atoms with Gasteiger partial charge in [0.2, 0.25) is 0 Å². The number of aldehydes is 1. The number of aromatic amines is 1. The van der Waals surface area contributed by atoms with Crippen LogP contribution in [0, 0.1) is 0 Å². The first-order valence-corrected chi connectivity index (χ1v) is 5.48. The molecule has 0 bridgehead atoms. The van der Waals surface area contributed by atoms with E-state index in [-0.39, 0.29) is 11.6 Å². The third-order valence-corrected chi connectivity index (χ3v) is 2.63. The Hall–Kier alpha value is -2.27. The van der Waals surface area contributed by atoms with Crippen molar-refractivity contribution in [1.82, 2.24) is 4.98 Å². The number of carbonyl (C=O) groups excluding carboxylic acids is 2. The van der Waals surface area contributed by atoms with Gasteiger partial charge in [0.1, 0.15) is 5.69 Å². The Balaban J connectivity index is 2.18. The summed E-state index contributed by atoms with van der Waals surface area (Å²) in [5, 5.41) is 2.97. The average molecular weight is 264 g/mol. The maximum atomic E-state index is 11.8. The van der Waals surface area contributed by atoms with Gasteiger partial charge in [0.05, 0.1) is 16.4 Å². The number of rotatable bonds is 3. The Kier molecular flexibility index (Phi) is 3.34. The van der Waals surface area contributed by atoms with Crippen LogP contribution in [0.2, 0.25) is 5.02 Å². The quantitative estimate of drug-likeness (QED) is 0.586. The average Bonchev–Trinajstić information content (AvgIpc) is 2.81. The van der Waals surface area contributed by atoms with Crippen LogP contribution in [0.1, 0.15) is 21.0 Å². The Bertz CT molecular complexity index is 607. The number of aromatic nitrogens is 1. The third kappa shape index (κ3) is 2.52. The Labute approximate surface area is 108 Å².